The molecule has 0 bridgehead atoms. The lowest BCUT2D eigenvalue weighted by molar-refractivity contribution is -0.274. The van der Waals surface area contributed by atoms with Crippen LogP contribution in [0.3, 0.4) is 0 Å². The molecule has 0 atom stereocenters. The van der Waals surface area contributed by atoms with Crippen LogP contribution >= 0.6 is 0 Å². The molecule has 0 amide bonds. The van der Waals surface area contributed by atoms with E-state index < -0.39 is 29.1 Å². The lowest BCUT2D eigenvalue weighted by Crippen LogP contribution is -2.25. The van der Waals surface area contributed by atoms with Crippen LogP contribution in [0.25, 0.3) is 33.4 Å². The number of pyridine rings is 2. The molecule has 1 aliphatic heterocycles. The summed E-state index contributed by atoms with van der Waals surface area (Å²) in [5.74, 6) is -0.252. The zero-order chi connectivity index (χ0) is 37.0. The van der Waals surface area contributed by atoms with E-state index >= 15 is 4.39 Å². The molecule has 9 nitrogen and oxygen atoms in total. The van der Waals surface area contributed by atoms with Crippen LogP contribution in [0.5, 0.6) is 17.2 Å². The van der Waals surface area contributed by atoms with Gasteiger partial charge in [-0.15, -0.1) is 13.2 Å². The van der Waals surface area contributed by atoms with E-state index in [2.05, 4.69) is 9.72 Å². The summed E-state index contributed by atoms with van der Waals surface area (Å²) >= 11 is 0. The van der Waals surface area contributed by atoms with E-state index in [0.29, 0.717) is 53.5 Å². The molecule has 52 heavy (non-hydrogen) atoms. The highest BCUT2D eigenvalue weighted by Gasteiger charge is 2.31. The van der Waals surface area contributed by atoms with Gasteiger partial charge in [0, 0.05) is 67.0 Å². The number of nitrogens with zero attached hydrogens (tertiary/aromatic N) is 2. The van der Waals surface area contributed by atoms with Crippen molar-refractivity contribution in [3.05, 3.63) is 112 Å². The summed E-state index contributed by atoms with van der Waals surface area (Å²) in [5.41, 5.74) is 8.14. The second-order valence-corrected chi connectivity index (χ2v) is 12.4. The van der Waals surface area contributed by atoms with Gasteiger partial charge in [0.15, 0.2) is 22.7 Å². The van der Waals surface area contributed by atoms with Crippen molar-refractivity contribution in [3.63, 3.8) is 0 Å². The predicted octanol–water partition coefficient (Wildman–Crippen LogP) is 7.73. The fourth-order valence-electron chi connectivity index (χ4n) is 6.24. The summed E-state index contributed by atoms with van der Waals surface area (Å²) in [6.45, 7) is 1.68. The molecule has 5 aromatic rings. The quantitative estimate of drug-likeness (QED) is 0.109. The molecule has 0 aliphatic carbocycles. The largest absolute Gasteiger partial charge is 0.573 e. The number of halogens is 4. The second-order valence-electron chi connectivity index (χ2n) is 12.4. The molecule has 3 aromatic carbocycles. The predicted molar refractivity (Wildman–Crippen MR) is 187 cm³/mol. The average Bonchev–Trinajstić information content (AvgIpc) is 3.12. The number of anilines is 1. The number of rotatable bonds is 11. The molecule has 1 saturated heterocycles. The molecule has 3 heterocycles. The minimum absolute atomic E-state index is 0.104. The van der Waals surface area contributed by atoms with E-state index in [4.69, 9.17) is 19.9 Å². The topological polar surface area (TPSA) is 115 Å². The third kappa shape index (κ3) is 8.26. The summed E-state index contributed by atoms with van der Waals surface area (Å²) in [6, 6.07) is 16.2. The van der Waals surface area contributed by atoms with Gasteiger partial charge in [0.05, 0.1) is 19.8 Å². The Labute approximate surface area is 296 Å². The maximum Gasteiger partial charge on any atom is 0.573 e. The van der Waals surface area contributed by atoms with Crippen molar-refractivity contribution in [2.24, 2.45) is 5.92 Å². The van der Waals surface area contributed by atoms with Crippen LogP contribution in [0.2, 0.25) is 0 Å². The van der Waals surface area contributed by atoms with Crippen molar-refractivity contribution in [2.75, 3.05) is 33.2 Å². The molecule has 1 fully saturated rings. The summed E-state index contributed by atoms with van der Waals surface area (Å²) in [4.78, 5) is 31.8. The molecule has 270 valence electrons. The molecule has 0 saturated carbocycles. The number of benzene rings is 3. The van der Waals surface area contributed by atoms with Crippen molar-refractivity contribution in [1.82, 2.24) is 9.55 Å². The van der Waals surface area contributed by atoms with E-state index in [1.165, 1.54) is 44.7 Å². The van der Waals surface area contributed by atoms with E-state index in [1.54, 1.807) is 41.2 Å². The van der Waals surface area contributed by atoms with Crippen molar-refractivity contribution < 1.29 is 41.3 Å². The highest BCUT2D eigenvalue weighted by Crippen LogP contribution is 2.36. The second kappa shape index (κ2) is 15.3. The van der Waals surface area contributed by atoms with E-state index in [1.807, 2.05) is 6.07 Å². The van der Waals surface area contributed by atoms with Gasteiger partial charge in [-0.3, -0.25) is 9.59 Å². The number of Topliss-reactive ketones (excluding diaryl/α,β-unsaturated/α-hetero) is 1. The fraction of sp³-hybridized carbons (Fsp3) is 0.256. The number of ketones is 1. The van der Waals surface area contributed by atoms with Crippen molar-refractivity contribution in [3.8, 4) is 50.6 Å². The van der Waals surface area contributed by atoms with E-state index in [9.17, 15) is 22.8 Å². The lowest BCUT2D eigenvalue weighted by atomic mass is 9.96. The fourth-order valence-corrected chi connectivity index (χ4v) is 6.24. The number of methoxy groups -OCH3 is 2. The Hall–Kier alpha value is -5.69. The Morgan fingerprint density at radius 1 is 0.885 bits per heavy atom. The van der Waals surface area contributed by atoms with E-state index in [-0.39, 0.29) is 34.8 Å². The Morgan fingerprint density at radius 2 is 1.60 bits per heavy atom. The molecular weight excluding hydrogens is 682 g/mol. The average molecular weight is 718 g/mol. The van der Waals surface area contributed by atoms with Crippen LogP contribution < -0.4 is 25.4 Å². The van der Waals surface area contributed by atoms with Crippen LogP contribution in [-0.2, 0) is 17.7 Å². The SMILES string of the molecule is COc1ccc(-c2cnc(N)c(-c3ccc(CC(=O)c4cn(CC5CCOCC5)cc(-c5ccc(OC(F)(F)F)cc5)c4=O)cc3F)c2)cc1OC. The smallest absolute Gasteiger partial charge is 0.493 e. The standard InChI is InChI=1S/C39H35F4N3O6/c1-49-35-10-6-26(18-36(35)50-2)27-17-30(38(44)45-19-27)29-9-3-24(15-33(29)40)16-34(47)32-22-46(20-23-11-13-51-14-12-23)21-31(37(32)48)25-4-7-28(8-5-25)52-39(41,42)43/h3-10,15,17-19,21-23H,11-14,16,20H2,1-2H3,(H2,44,45). The number of hydrogen-bond donors (Lipinski definition) is 1. The van der Waals surface area contributed by atoms with Crippen molar-refractivity contribution in [1.29, 1.82) is 0 Å². The molecule has 0 unspecified atom stereocenters. The molecule has 2 aromatic heterocycles. The van der Waals surface area contributed by atoms with Gasteiger partial charge >= 0.3 is 6.36 Å². The van der Waals surface area contributed by atoms with Gasteiger partial charge in [0.2, 0.25) is 0 Å². The van der Waals surface area contributed by atoms with Gasteiger partial charge in [-0.25, -0.2) is 9.37 Å². The monoisotopic (exact) mass is 717 g/mol. The lowest BCUT2D eigenvalue weighted by Gasteiger charge is -2.23. The molecule has 0 radical (unpaired) electrons. The minimum atomic E-state index is -4.87. The zero-order valence-electron chi connectivity index (χ0n) is 28.3. The number of nitrogens with two attached hydrogens (primary N) is 1. The first-order valence-electron chi connectivity index (χ1n) is 16.4. The first kappa shape index (κ1) is 36.1. The highest BCUT2D eigenvalue weighted by atomic mass is 19.4. The third-order valence-corrected chi connectivity index (χ3v) is 8.91. The van der Waals surface area contributed by atoms with Gasteiger partial charge in [-0.1, -0.05) is 30.3 Å². The van der Waals surface area contributed by atoms with E-state index in [0.717, 1.165) is 30.5 Å². The van der Waals surface area contributed by atoms with Crippen LogP contribution in [-0.4, -0.2) is 49.1 Å². The number of carbonyl (C=O) groups excluding carboxylic acids is 1. The maximum absolute atomic E-state index is 15.8. The number of hydrogen-bond acceptors (Lipinski definition) is 8. The third-order valence-electron chi connectivity index (χ3n) is 8.91. The Morgan fingerprint density at radius 3 is 2.27 bits per heavy atom. The molecular formula is C39H35F4N3O6. The highest BCUT2D eigenvalue weighted by molar-refractivity contribution is 5.98. The molecule has 2 N–H and O–H groups in total. The number of ether oxygens (including phenoxy) is 4. The van der Waals surface area contributed by atoms with Gasteiger partial charge < -0.3 is 29.2 Å². The summed E-state index contributed by atoms with van der Waals surface area (Å²) in [7, 11) is 3.05. The van der Waals surface area contributed by atoms with Crippen molar-refractivity contribution in [2.45, 2.75) is 32.2 Å². The van der Waals surface area contributed by atoms with Crippen LogP contribution in [0.1, 0.15) is 28.8 Å². The Kier molecular flexibility index (Phi) is 10.6. The molecule has 0 spiro atoms. The maximum atomic E-state index is 15.8. The van der Waals surface area contributed by atoms with Gasteiger partial charge in [-0.05, 0) is 71.8 Å². The zero-order valence-corrected chi connectivity index (χ0v) is 28.3. The van der Waals surface area contributed by atoms with Gasteiger partial charge in [-0.2, -0.15) is 0 Å². The molecule has 13 heteroatoms. The summed E-state index contributed by atoms with van der Waals surface area (Å²) in [6.07, 6.45) is 1.07. The normalized spacial score (nSPS) is 13.5. The minimum Gasteiger partial charge on any atom is -0.493 e. The molecule has 6 rings (SSSR count). The number of nitrogen functional groups attached to an aromatic ring is 1. The number of alkyl halides is 3. The first-order valence-corrected chi connectivity index (χ1v) is 16.4. The first-order chi connectivity index (χ1) is 24.9. The summed E-state index contributed by atoms with van der Waals surface area (Å²) in [5, 5.41) is 0. The Bertz CT molecular complexity index is 2140. The Balaban J connectivity index is 1.29. The van der Waals surface area contributed by atoms with Crippen molar-refractivity contribution >= 4 is 11.6 Å². The summed E-state index contributed by atoms with van der Waals surface area (Å²) < 4.78 is 75.9. The molecule has 1 aliphatic rings. The van der Waals surface area contributed by atoms with Crippen LogP contribution in [0.4, 0.5) is 23.4 Å². The number of aromatic nitrogens is 2. The van der Waals surface area contributed by atoms with Gasteiger partial charge in [0.25, 0.3) is 0 Å². The number of carbonyl (C=O) groups is 1. The van der Waals surface area contributed by atoms with Crippen LogP contribution in [0, 0.1) is 11.7 Å². The van der Waals surface area contributed by atoms with Gasteiger partial charge in [0.1, 0.15) is 17.4 Å². The van der Waals surface area contributed by atoms with Crippen LogP contribution in [0.15, 0.2) is 90.1 Å².